The first-order valence-corrected chi connectivity index (χ1v) is 6.81. The van der Waals surface area contributed by atoms with Gasteiger partial charge in [0.1, 0.15) is 0 Å². The molecule has 1 aromatic heterocycles. The molecule has 1 aliphatic carbocycles. The molecule has 1 aliphatic rings. The molecule has 1 fully saturated rings. The Morgan fingerprint density at radius 2 is 2.12 bits per heavy atom. The predicted molar refractivity (Wildman–Crippen MR) is 74.3 cm³/mol. The van der Waals surface area contributed by atoms with E-state index >= 15 is 0 Å². The number of hydrogen-bond acceptors (Lipinski definition) is 3. The topological polar surface area (TPSA) is 38.9 Å². The Bertz CT molecular complexity index is 561. The molecular formula is C14H16N2S. The van der Waals surface area contributed by atoms with Gasteiger partial charge in [0.15, 0.2) is 0 Å². The molecule has 2 nitrogen and oxygen atoms in total. The molecule has 1 saturated carbocycles. The van der Waals surface area contributed by atoms with Crippen molar-refractivity contribution >= 4 is 28.4 Å². The highest BCUT2D eigenvalue weighted by Crippen LogP contribution is 2.48. The number of fused-ring (bicyclic) bond motifs is 1. The average Bonchev–Trinajstić information content (AvgIpc) is 2.28. The van der Waals surface area contributed by atoms with Gasteiger partial charge in [0.2, 0.25) is 0 Å². The Morgan fingerprint density at radius 3 is 2.82 bits per heavy atom. The summed E-state index contributed by atoms with van der Waals surface area (Å²) in [6, 6.07) is 8.05. The molecule has 2 aromatic rings. The molecule has 0 spiro atoms. The van der Waals surface area contributed by atoms with E-state index in [0.717, 1.165) is 11.2 Å². The maximum atomic E-state index is 5.87. The minimum absolute atomic E-state index is 0.416. The molecule has 0 unspecified atom stereocenters. The Labute approximate surface area is 106 Å². The number of thioether (sulfide) groups is 1. The highest BCUT2D eigenvalue weighted by atomic mass is 32.2. The van der Waals surface area contributed by atoms with Gasteiger partial charge < -0.3 is 5.73 Å². The van der Waals surface area contributed by atoms with Crippen LogP contribution in [0.15, 0.2) is 35.4 Å². The Morgan fingerprint density at radius 1 is 1.29 bits per heavy atom. The molecular weight excluding hydrogens is 228 g/mol. The third-order valence-electron chi connectivity index (χ3n) is 3.49. The predicted octanol–water partition coefficient (Wildman–Crippen LogP) is 3.85. The summed E-state index contributed by atoms with van der Waals surface area (Å²) < 4.78 is 0.416. The van der Waals surface area contributed by atoms with Crippen LogP contribution >= 0.6 is 11.8 Å². The van der Waals surface area contributed by atoms with Crippen molar-refractivity contribution in [1.29, 1.82) is 0 Å². The van der Waals surface area contributed by atoms with Crippen LogP contribution in [0.25, 0.3) is 10.9 Å². The third-order valence-corrected chi connectivity index (χ3v) is 4.97. The van der Waals surface area contributed by atoms with Crippen molar-refractivity contribution in [2.45, 2.75) is 35.8 Å². The monoisotopic (exact) mass is 244 g/mol. The first kappa shape index (κ1) is 10.9. The second-order valence-electron chi connectivity index (χ2n) is 4.99. The molecule has 88 valence electrons. The van der Waals surface area contributed by atoms with Crippen molar-refractivity contribution in [3.63, 3.8) is 0 Å². The van der Waals surface area contributed by atoms with E-state index in [1.165, 1.54) is 29.5 Å². The Kier molecular flexibility index (Phi) is 2.51. The average molecular weight is 244 g/mol. The number of nitrogen functional groups attached to an aromatic ring is 1. The molecule has 0 saturated heterocycles. The molecule has 2 N–H and O–H groups in total. The second-order valence-corrected chi connectivity index (χ2v) is 6.62. The first-order chi connectivity index (χ1) is 8.16. The van der Waals surface area contributed by atoms with Crippen LogP contribution in [0.3, 0.4) is 0 Å². The van der Waals surface area contributed by atoms with Gasteiger partial charge in [0.05, 0.1) is 5.52 Å². The highest BCUT2D eigenvalue weighted by molar-refractivity contribution is 8.01. The van der Waals surface area contributed by atoms with Gasteiger partial charge in [-0.2, -0.15) is 0 Å². The normalized spacial score (nSPS) is 17.9. The van der Waals surface area contributed by atoms with Crippen LogP contribution < -0.4 is 5.73 Å². The smallest absolute Gasteiger partial charge is 0.0714 e. The lowest BCUT2D eigenvalue weighted by atomic mass is 9.86. The van der Waals surface area contributed by atoms with E-state index < -0.39 is 0 Å². The second kappa shape index (κ2) is 3.91. The van der Waals surface area contributed by atoms with Crippen molar-refractivity contribution in [3.05, 3.63) is 30.5 Å². The van der Waals surface area contributed by atoms with Gasteiger partial charge in [0.25, 0.3) is 0 Å². The van der Waals surface area contributed by atoms with E-state index in [0.29, 0.717) is 4.75 Å². The molecule has 0 bridgehead atoms. The SMILES string of the molecule is CC1(Sc2ccnc3ccc(N)cc23)CCC1. The summed E-state index contributed by atoms with van der Waals surface area (Å²) in [5, 5.41) is 1.19. The molecule has 1 aromatic carbocycles. The summed E-state index contributed by atoms with van der Waals surface area (Å²) in [5.41, 5.74) is 7.71. The van der Waals surface area contributed by atoms with Gasteiger partial charge in [-0.15, -0.1) is 11.8 Å². The van der Waals surface area contributed by atoms with E-state index in [9.17, 15) is 0 Å². The van der Waals surface area contributed by atoms with Gasteiger partial charge in [-0.25, -0.2) is 0 Å². The van der Waals surface area contributed by atoms with Crippen LogP contribution in [-0.4, -0.2) is 9.73 Å². The number of hydrogen-bond donors (Lipinski definition) is 1. The lowest BCUT2D eigenvalue weighted by Crippen LogP contribution is -2.28. The van der Waals surface area contributed by atoms with E-state index in [-0.39, 0.29) is 0 Å². The van der Waals surface area contributed by atoms with Crippen LogP contribution in [-0.2, 0) is 0 Å². The first-order valence-electron chi connectivity index (χ1n) is 6.00. The van der Waals surface area contributed by atoms with Crippen LogP contribution in [0, 0.1) is 0 Å². The number of nitrogens with zero attached hydrogens (tertiary/aromatic N) is 1. The fraction of sp³-hybridized carbons (Fsp3) is 0.357. The van der Waals surface area contributed by atoms with E-state index in [2.05, 4.69) is 18.0 Å². The third kappa shape index (κ3) is 2.00. The number of rotatable bonds is 2. The number of pyridine rings is 1. The molecule has 0 radical (unpaired) electrons. The van der Waals surface area contributed by atoms with E-state index in [1.807, 2.05) is 36.2 Å². The zero-order valence-corrected chi connectivity index (χ0v) is 10.8. The summed E-state index contributed by atoms with van der Waals surface area (Å²) in [6.45, 7) is 2.35. The van der Waals surface area contributed by atoms with Crippen molar-refractivity contribution in [2.24, 2.45) is 0 Å². The van der Waals surface area contributed by atoms with Crippen LogP contribution in [0.5, 0.6) is 0 Å². The minimum atomic E-state index is 0.416. The fourth-order valence-corrected chi connectivity index (χ4v) is 3.70. The van der Waals surface area contributed by atoms with Gasteiger partial charge in [0, 0.05) is 26.9 Å². The largest absolute Gasteiger partial charge is 0.399 e. The lowest BCUT2D eigenvalue weighted by molar-refractivity contribution is 0.392. The van der Waals surface area contributed by atoms with Gasteiger partial charge in [-0.05, 0) is 37.1 Å². The number of benzene rings is 1. The zero-order valence-electron chi connectivity index (χ0n) is 9.94. The van der Waals surface area contributed by atoms with Crippen LogP contribution in [0.4, 0.5) is 5.69 Å². The van der Waals surface area contributed by atoms with Crippen LogP contribution in [0.2, 0.25) is 0 Å². The van der Waals surface area contributed by atoms with E-state index in [4.69, 9.17) is 5.73 Å². The fourth-order valence-electron chi connectivity index (χ4n) is 2.27. The van der Waals surface area contributed by atoms with Crippen molar-refractivity contribution in [2.75, 3.05) is 5.73 Å². The standard InChI is InChI=1S/C14H16N2S/c1-14(6-2-7-14)17-13-5-8-16-12-4-3-10(15)9-11(12)13/h3-5,8-9H,2,6-7,15H2,1H3. The summed E-state index contributed by atoms with van der Waals surface area (Å²) in [5.74, 6) is 0. The van der Waals surface area contributed by atoms with Crippen molar-refractivity contribution in [1.82, 2.24) is 4.98 Å². The Balaban J connectivity index is 2.06. The maximum absolute atomic E-state index is 5.87. The quantitative estimate of drug-likeness (QED) is 0.815. The maximum Gasteiger partial charge on any atom is 0.0714 e. The van der Waals surface area contributed by atoms with Crippen molar-refractivity contribution < 1.29 is 0 Å². The summed E-state index contributed by atoms with van der Waals surface area (Å²) in [4.78, 5) is 5.70. The molecule has 1 heterocycles. The minimum Gasteiger partial charge on any atom is -0.399 e. The zero-order chi connectivity index (χ0) is 11.9. The molecule has 0 atom stereocenters. The lowest BCUT2D eigenvalue weighted by Gasteiger charge is -2.37. The summed E-state index contributed by atoms with van der Waals surface area (Å²) >= 11 is 1.98. The van der Waals surface area contributed by atoms with Gasteiger partial charge >= 0.3 is 0 Å². The summed E-state index contributed by atoms with van der Waals surface area (Å²) in [6.07, 6.45) is 5.87. The molecule has 17 heavy (non-hydrogen) atoms. The van der Waals surface area contributed by atoms with E-state index in [1.54, 1.807) is 0 Å². The van der Waals surface area contributed by atoms with Gasteiger partial charge in [-0.3, -0.25) is 4.98 Å². The molecule has 0 amide bonds. The highest BCUT2D eigenvalue weighted by Gasteiger charge is 2.33. The molecule has 0 aliphatic heterocycles. The van der Waals surface area contributed by atoms with Crippen LogP contribution in [0.1, 0.15) is 26.2 Å². The Hall–Kier alpha value is -1.22. The number of nitrogens with two attached hydrogens (primary N) is 1. The number of aromatic nitrogens is 1. The van der Waals surface area contributed by atoms with Crippen molar-refractivity contribution in [3.8, 4) is 0 Å². The number of anilines is 1. The summed E-state index contributed by atoms with van der Waals surface area (Å²) in [7, 11) is 0. The molecule has 3 heteroatoms. The molecule has 3 rings (SSSR count). The van der Waals surface area contributed by atoms with Gasteiger partial charge in [-0.1, -0.05) is 13.3 Å².